The highest BCUT2D eigenvalue weighted by atomic mass is 19.4. The molecule has 0 saturated carbocycles. The highest BCUT2D eigenvalue weighted by Gasteiger charge is 2.30. The van der Waals surface area contributed by atoms with Crippen molar-refractivity contribution in [3.63, 3.8) is 0 Å². The molecule has 2 rings (SSSR count). The topological polar surface area (TPSA) is 87.7 Å². The van der Waals surface area contributed by atoms with Gasteiger partial charge < -0.3 is 26.0 Å². The second-order valence-electron chi connectivity index (χ2n) is 8.50. The lowest BCUT2D eigenvalue weighted by Gasteiger charge is -2.22. The van der Waals surface area contributed by atoms with Gasteiger partial charge in [-0.05, 0) is 54.7 Å². The Morgan fingerprint density at radius 3 is 2.28 bits per heavy atom. The van der Waals surface area contributed by atoms with Gasteiger partial charge >= 0.3 is 6.18 Å². The van der Waals surface area contributed by atoms with Crippen LogP contribution in [0, 0.1) is 5.92 Å². The van der Waals surface area contributed by atoms with E-state index in [0.717, 1.165) is 17.7 Å². The SMILES string of the molecule is CC(Cc1ccc(OCC(O)C(N)C(C)C)cc1)NCC(O)c1cccc(C(F)(F)F)c1. The average Bonchev–Trinajstić information content (AvgIpc) is 2.75. The molecule has 8 heteroatoms. The smallest absolute Gasteiger partial charge is 0.416 e. The lowest BCUT2D eigenvalue weighted by molar-refractivity contribution is -0.137. The Bertz CT molecular complexity index is 828. The predicted octanol–water partition coefficient (Wildman–Crippen LogP) is 3.68. The first-order valence-electron chi connectivity index (χ1n) is 10.7. The predicted molar refractivity (Wildman–Crippen MR) is 118 cm³/mol. The summed E-state index contributed by atoms with van der Waals surface area (Å²) >= 11 is 0. The van der Waals surface area contributed by atoms with Crippen molar-refractivity contribution in [1.29, 1.82) is 0 Å². The molecule has 0 aliphatic carbocycles. The van der Waals surface area contributed by atoms with Gasteiger partial charge in [0.2, 0.25) is 0 Å². The standard InChI is InChI=1S/C24H33F3N2O3/c1-15(2)23(28)22(31)14-32-20-9-7-17(8-10-20)11-16(3)29-13-21(30)18-5-4-6-19(12-18)24(25,26)27/h4-10,12,15-16,21-23,29-31H,11,13-14,28H2,1-3H3. The van der Waals surface area contributed by atoms with E-state index < -0.39 is 23.9 Å². The van der Waals surface area contributed by atoms with Crippen molar-refractivity contribution in [2.24, 2.45) is 11.7 Å². The first-order valence-corrected chi connectivity index (χ1v) is 10.7. The highest BCUT2D eigenvalue weighted by Crippen LogP contribution is 2.30. The number of ether oxygens (including phenoxy) is 1. The summed E-state index contributed by atoms with van der Waals surface area (Å²) < 4.78 is 44.1. The molecule has 0 amide bonds. The summed E-state index contributed by atoms with van der Waals surface area (Å²) in [5.41, 5.74) is 6.39. The van der Waals surface area contributed by atoms with E-state index in [-0.39, 0.29) is 36.7 Å². The first kappa shape index (κ1) is 26.1. The molecule has 2 aromatic rings. The van der Waals surface area contributed by atoms with E-state index >= 15 is 0 Å². The van der Waals surface area contributed by atoms with Crippen molar-refractivity contribution in [1.82, 2.24) is 5.32 Å². The minimum atomic E-state index is -4.44. The fraction of sp³-hybridized carbons (Fsp3) is 0.500. The molecule has 5 N–H and O–H groups in total. The molecule has 0 fully saturated rings. The van der Waals surface area contributed by atoms with E-state index in [1.54, 1.807) is 0 Å². The number of halogens is 3. The maximum Gasteiger partial charge on any atom is 0.416 e. The van der Waals surface area contributed by atoms with Gasteiger partial charge in [-0.15, -0.1) is 0 Å². The van der Waals surface area contributed by atoms with Crippen molar-refractivity contribution >= 4 is 0 Å². The molecule has 4 atom stereocenters. The van der Waals surface area contributed by atoms with Crippen molar-refractivity contribution < 1.29 is 28.1 Å². The van der Waals surface area contributed by atoms with Crippen LogP contribution in [-0.4, -0.2) is 41.6 Å². The monoisotopic (exact) mass is 454 g/mol. The number of aliphatic hydroxyl groups is 2. The van der Waals surface area contributed by atoms with Crippen LogP contribution in [0.3, 0.4) is 0 Å². The van der Waals surface area contributed by atoms with Gasteiger partial charge in [0.1, 0.15) is 18.5 Å². The second kappa shape index (κ2) is 11.7. The summed E-state index contributed by atoms with van der Waals surface area (Å²) in [6.07, 6.45) is -5.57. The number of benzene rings is 2. The summed E-state index contributed by atoms with van der Waals surface area (Å²) in [7, 11) is 0. The molecule has 5 nitrogen and oxygen atoms in total. The van der Waals surface area contributed by atoms with Gasteiger partial charge in [0, 0.05) is 18.6 Å². The maximum atomic E-state index is 12.8. The van der Waals surface area contributed by atoms with Crippen LogP contribution in [0.5, 0.6) is 5.75 Å². The Kier molecular flexibility index (Phi) is 9.51. The summed E-state index contributed by atoms with van der Waals surface area (Å²) in [6, 6.07) is 11.8. The Labute approximate surface area is 187 Å². The van der Waals surface area contributed by atoms with E-state index in [9.17, 15) is 23.4 Å². The molecule has 0 spiro atoms. The number of nitrogens with one attached hydrogen (secondary N) is 1. The fourth-order valence-electron chi connectivity index (χ4n) is 3.24. The van der Waals surface area contributed by atoms with Crippen molar-refractivity contribution in [2.45, 2.75) is 57.7 Å². The highest BCUT2D eigenvalue weighted by molar-refractivity contribution is 5.28. The molecule has 32 heavy (non-hydrogen) atoms. The summed E-state index contributed by atoms with van der Waals surface area (Å²) in [6.45, 7) is 6.07. The molecule has 0 heterocycles. The van der Waals surface area contributed by atoms with Crippen LogP contribution in [0.15, 0.2) is 48.5 Å². The van der Waals surface area contributed by atoms with Crippen LogP contribution < -0.4 is 15.8 Å². The van der Waals surface area contributed by atoms with Crippen LogP contribution in [-0.2, 0) is 12.6 Å². The summed E-state index contributed by atoms with van der Waals surface area (Å²) in [4.78, 5) is 0. The fourth-order valence-corrected chi connectivity index (χ4v) is 3.24. The van der Waals surface area contributed by atoms with Gasteiger partial charge in [0.15, 0.2) is 0 Å². The molecule has 0 bridgehead atoms. The van der Waals surface area contributed by atoms with Gasteiger partial charge in [-0.25, -0.2) is 0 Å². The second-order valence-corrected chi connectivity index (χ2v) is 8.50. The van der Waals surface area contributed by atoms with Crippen molar-refractivity contribution in [3.8, 4) is 5.75 Å². The lowest BCUT2D eigenvalue weighted by Crippen LogP contribution is -2.42. The quantitative estimate of drug-likeness (QED) is 0.416. The van der Waals surface area contributed by atoms with Gasteiger partial charge in [-0.3, -0.25) is 0 Å². The molecule has 0 aliphatic heterocycles. The molecule has 0 radical (unpaired) electrons. The van der Waals surface area contributed by atoms with Gasteiger partial charge in [-0.1, -0.05) is 38.1 Å². The Balaban J connectivity index is 1.81. The minimum absolute atomic E-state index is 0.00641. The Hall–Kier alpha value is -2.13. The van der Waals surface area contributed by atoms with Gasteiger partial charge in [0.05, 0.1) is 11.7 Å². The van der Waals surface area contributed by atoms with E-state index in [1.165, 1.54) is 12.1 Å². The average molecular weight is 455 g/mol. The van der Waals surface area contributed by atoms with Crippen LogP contribution in [0.25, 0.3) is 0 Å². The molecule has 0 aliphatic rings. The maximum absolute atomic E-state index is 12.8. The van der Waals surface area contributed by atoms with Crippen LogP contribution in [0.4, 0.5) is 13.2 Å². The number of rotatable bonds is 11. The third-order valence-corrected chi connectivity index (χ3v) is 5.36. The molecule has 178 valence electrons. The number of aliphatic hydroxyl groups excluding tert-OH is 2. The molecule has 0 aromatic heterocycles. The minimum Gasteiger partial charge on any atom is -0.491 e. The van der Waals surface area contributed by atoms with Crippen LogP contribution >= 0.6 is 0 Å². The molecule has 4 unspecified atom stereocenters. The van der Waals surface area contributed by atoms with Crippen molar-refractivity contribution in [3.05, 3.63) is 65.2 Å². The lowest BCUT2D eigenvalue weighted by atomic mass is 10.0. The van der Waals surface area contributed by atoms with Crippen LogP contribution in [0.2, 0.25) is 0 Å². The Morgan fingerprint density at radius 1 is 1.03 bits per heavy atom. The number of hydrogen-bond donors (Lipinski definition) is 4. The first-order chi connectivity index (χ1) is 15.0. The third kappa shape index (κ3) is 8.09. The largest absolute Gasteiger partial charge is 0.491 e. The van der Waals surface area contributed by atoms with E-state index in [4.69, 9.17) is 10.5 Å². The van der Waals surface area contributed by atoms with E-state index in [2.05, 4.69) is 5.32 Å². The van der Waals surface area contributed by atoms with Crippen molar-refractivity contribution in [2.75, 3.05) is 13.2 Å². The van der Waals surface area contributed by atoms with E-state index in [0.29, 0.717) is 12.2 Å². The zero-order valence-corrected chi connectivity index (χ0v) is 18.6. The van der Waals surface area contributed by atoms with E-state index in [1.807, 2.05) is 45.0 Å². The van der Waals surface area contributed by atoms with Gasteiger partial charge in [-0.2, -0.15) is 13.2 Å². The Morgan fingerprint density at radius 2 is 1.69 bits per heavy atom. The summed E-state index contributed by atoms with van der Waals surface area (Å²) in [5, 5.41) is 23.4. The molecular formula is C24H33F3N2O3. The molecule has 2 aromatic carbocycles. The van der Waals surface area contributed by atoms with Gasteiger partial charge in [0.25, 0.3) is 0 Å². The third-order valence-electron chi connectivity index (χ3n) is 5.36. The number of nitrogens with two attached hydrogens (primary N) is 1. The normalized spacial score (nSPS) is 15.9. The zero-order valence-electron chi connectivity index (χ0n) is 18.6. The molecule has 0 saturated heterocycles. The molecular weight excluding hydrogens is 421 g/mol. The number of alkyl halides is 3. The van der Waals surface area contributed by atoms with Crippen LogP contribution in [0.1, 0.15) is 43.6 Å². The number of hydrogen-bond acceptors (Lipinski definition) is 5. The summed E-state index contributed by atoms with van der Waals surface area (Å²) in [5.74, 6) is 0.779. The zero-order chi connectivity index (χ0) is 23.9.